The number of hydrogen-bond acceptors (Lipinski definition) is 4. The Morgan fingerprint density at radius 1 is 1.32 bits per heavy atom. The fourth-order valence-electron chi connectivity index (χ4n) is 3.22. The number of pyridine rings is 1. The summed E-state index contributed by atoms with van der Waals surface area (Å²) in [4.78, 5) is 30.4. The van der Waals surface area contributed by atoms with Crippen LogP contribution in [0.5, 0.6) is 0 Å². The third-order valence-electron chi connectivity index (χ3n) is 4.92. The second-order valence-corrected chi connectivity index (χ2v) is 6.98. The summed E-state index contributed by atoms with van der Waals surface area (Å²) in [5.74, 6) is -1.47. The largest absolute Gasteiger partial charge is 0.376 e. The topological polar surface area (TPSA) is 71.5 Å². The van der Waals surface area contributed by atoms with E-state index < -0.39 is 11.9 Å². The van der Waals surface area contributed by atoms with E-state index in [1.807, 2.05) is 32.0 Å². The van der Waals surface area contributed by atoms with Gasteiger partial charge in [0.15, 0.2) is 0 Å². The van der Waals surface area contributed by atoms with Crippen molar-refractivity contribution in [2.75, 3.05) is 25.0 Å². The Morgan fingerprint density at radius 3 is 2.86 bits per heavy atom. The number of benzene rings is 1. The number of aromatic nitrogens is 1. The fourth-order valence-corrected chi connectivity index (χ4v) is 3.22. The molecule has 1 fully saturated rings. The Balaban J connectivity index is 1.75. The molecule has 2 amide bonds. The van der Waals surface area contributed by atoms with Gasteiger partial charge < -0.3 is 15.0 Å². The zero-order chi connectivity index (χ0) is 20.1. The number of amides is 2. The van der Waals surface area contributed by atoms with Crippen LogP contribution in [0, 0.1) is 19.8 Å². The van der Waals surface area contributed by atoms with Crippen LogP contribution >= 0.6 is 0 Å². The van der Waals surface area contributed by atoms with Crippen molar-refractivity contribution in [2.24, 2.45) is 0 Å². The van der Waals surface area contributed by atoms with Gasteiger partial charge in [-0.15, -0.1) is 0 Å². The molecule has 0 saturated carbocycles. The lowest BCUT2D eigenvalue weighted by molar-refractivity contribution is -0.117. The molecule has 0 bridgehead atoms. The summed E-state index contributed by atoms with van der Waals surface area (Å²) in [7, 11) is 0. The van der Waals surface area contributed by atoms with Gasteiger partial charge in [0.2, 0.25) is 11.9 Å². The van der Waals surface area contributed by atoms with E-state index in [1.54, 1.807) is 0 Å². The Bertz CT molecular complexity index is 866. The van der Waals surface area contributed by atoms with Gasteiger partial charge >= 0.3 is 0 Å². The molecule has 1 aromatic carbocycles. The van der Waals surface area contributed by atoms with E-state index in [1.165, 1.54) is 17.2 Å². The van der Waals surface area contributed by atoms with Gasteiger partial charge in [-0.05, 0) is 49.9 Å². The number of carbonyl (C=O) groups is 2. The molecule has 1 aliphatic rings. The van der Waals surface area contributed by atoms with Gasteiger partial charge in [0, 0.05) is 36.7 Å². The molecule has 28 heavy (non-hydrogen) atoms. The van der Waals surface area contributed by atoms with Crippen LogP contribution in [0.3, 0.4) is 0 Å². The lowest BCUT2D eigenvalue weighted by Crippen LogP contribution is -2.42. The Kier molecular flexibility index (Phi) is 6.36. The van der Waals surface area contributed by atoms with Gasteiger partial charge in [0.25, 0.3) is 5.91 Å². The third-order valence-corrected chi connectivity index (χ3v) is 4.92. The normalized spacial score (nSPS) is 16.0. The van der Waals surface area contributed by atoms with Crippen molar-refractivity contribution in [1.82, 2.24) is 9.88 Å². The first kappa shape index (κ1) is 19.9. The quantitative estimate of drug-likeness (QED) is 0.776. The molecule has 0 aliphatic carbocycles. The number of anilines is 1. The molecule has 1 N–H and O–H groups in total. The Morgan fingerprint density at radius 2 is 2.14 bits per heavy atom. The van der Waals surface area contributed by atoms with E-state index in [9.17, 15) is 14.0 Å². The summed E-state index contributed by atoms with van der Waals surface area (Å²) >= 11 is 0. The minimum atomic E-state index is -0.734. The maximum Gasteiger partial charge on any atom is 0.254 e. The average molecular weight is 385 g/mol. The molecule has 0 radical (unpaired) electrons. The van der Waals surface area contributed by atoms with Crippen molar-refractivity contribution in [1.29, 1.82) is 0 Å². The number of ether oxygens (including phenoxy) is 1. The highest BCUT2D eigenvalue weighted by Crippen LogP contribution is 2.19. The maximum atomic E-state index is 13.4. The summed E-state index contributed by atoms with van der Waals surface area (Å²) in [5, 5.41) is 2.86. The van der Waals surface area contributed by atoms with Crippen LogP contribution in [0.1, 0.15) is 34.3 Å². The summed E-state index contributed by atoms with van der Waals surface area (Å²) < 4.78 is 19.1. The minimum Gasteiger partial charge on any atom is -0.376 e. The van der Waals surface area contributed by atoms with Gasteiger partial charge in [0.05, 0.1) is 6.10 Å². The van der Waals surface area contributed by atoms with E-state index in [2.05, 4.69) is 10.3 Å². The van der Waals surface area contributed by atoms with Crippen LogP contribution in [0.4, 0.5) is 10.1 Å². The standard InChI is InChI=1S/C21H24FN3O3/c1-14-5-3-7-18(15(14)2)24-20(26)13-25(12-17-6-4-10-28-17)21(27)16-8-9-23-19(22)11-16/h3,5,7-9,11,17H,4,6,10,12-13H2,1-2H3,(H,24,26). The van der Waals surface area contributed by atoms with Crippen LogP contribution in [0.2, 0.25) is 0 Å². The molecule has 2 heterocycles. The van der Waals surface area contributed by atoms with Gasteiger partial charge in [-0.3, -0.25) is 9.59 Å². The van der Waals surface area contributed by atoms with Gasteiger partial charge in [0.1, 0.15) is 6.54 Å². The smallest absolute Gasteiger partial charge is 0.254 e. The Labute approximate surface area is 163 Å². The van der Waals surface area contributed by atoms with Crippen molar-refractivity contribution >= 4 is 17.5 Å². The number of aryl methyl sites for hydroxylation is 1. The van der Waals surface area contributed by atoms with Crippen LogP contribution in [-0.2, 0) is 9.53 Å². The molecule has 3 rings (SSSR count). The van der Waals surface area contributed by atoms with Gasteiger partial charge in [-0.25, -0.2) is 4.98 Å². The number of nitrogens with one attached hydrogen (secondary N) is 1. The second kappa shape index (κ2) is 8.93. The summed E-state index contributed by atoms with van der Waals surface area (Å²) in [5.41, 5.74) is 2.91. The van der Waals surface area contributed by atoms with Crippen LogP contribution in [-0.4, -0.2) is 47.5 Å². The monoisotopic (exact) mass is 385 g/mol. The first-order valence-electron chi connectivity index (χ1n) is 9.32. The number of nitrogens with zero attached hydrogens (tertiary/aromatic N) is 2. The number of halogens is 1. The predicted molar refractivity (Wildman–Crippen MR) is 104 cm³/mol. The molecule has 0 spiro atoms. The Hall–Kier alpha value is -2.80. The van der Waals surface area contributed by atoms with Crippen molar-refractivity contribution in [3.05, 3.63) is 59.2 Å². The molecule has 1 unspecified atom stereocenters. The molecule has 1 atom stereocenters. The maximum absolute atomic E-state index is 13.4. The zero-order valence-electron chi connectivity index (χ0n) is 16.1. The number of hydrogen-bond donors (Lipinski definition) is 1. The molecule has 7 heteroatoms. The van der Waals surface area contributed by atoms with E-state index in [0.717, 1.165) is 30.0 Å². The summed E-state index contributed by atoms with van der Waals surface area (Å²) in [6, 6.07) is 8.18. The SMILES string of the molecule is Cc1cccc(NC(=O)CN(CC2CCCO2)C(=O)c2ccnc(F)c2)c1C. The van der Waals surface area contributed by atoms with Crippen molar-refractivity contribution < 1.29 is 18.7 Å². The third kappa shape index (κ3) is 4.92. The highest BCUT2D eigenvalue weighted by Gasteiger charge is 2.25. The first-order chi connectivity index (χ1) is 13.4. The van der Waals surface area contributed by atoms with Gasteiger partial charge in [-0.2, -0.15) is 4.39 Å². The molecule has 1 aliphatic heterocycles. The van der Waals surface area contributed by atoms with Crippen LogP contribution < -0.4 is 5.32 Å². The highest BCUT2D eigenvalue weighted by atomic mass is 19.1. The molecule has 6 nitrogen and oxygen atoms in total. The van der Waals surface area contributed by atoms with E-state index in [0.29, 0.717) is 12.3 Å². The second-order valence-electron chi connectivity index (χ2n) is 6.98. The average Bonchev–Trinajstić information content (AvgIpc) is 3.17. The van der Waals surface area contributed by atoms with E-state index >= 15 is 0 Å². The lowest BCUT2D eigenvalue weighted by atomic mass is 10.1. The molecular formula is C21H24FN3O3. The highest BCUT2D eigenvalue weighted by molar-refractivity contribution is 5.99. The molecule has 1 aromatic heterocycles. The van der Waals surface area contributed by atoms with Crippen LogP contribution in [0.15, 0.2) is 36.5 Å². The molecule has 148 valence electrons. The summed E-state index contributed by atoms with van der Waals surface area (Å²) in [6.07, 6.45) is 2.87. The van der Waals surface area contributed by atoms with E-state index in [4.69, 9.17) is 4.74 Å². The first-order valence-corrected chi connectivity index (χ1v) is 9.32. The van der Waals surface area contributed by atoms with Crippen LogP contribution in [0.25, 0.3) is 0 Å². The molecular weight excluding hydrogens is 361 g/mol. The van der Waals surface area contributed by atoms with Crippen molar-refractivity contribution in [3.63, 3.8) is 0 Å². The lowest BCUT2D eigenvalue weighted by Gasteiger charge is -2.25. The summed E-state index contributed by atoms with van der Waals surface area (Å²) in [6.45, 7) is 4.68. The van der Waals surface area contributed by atoms with Crippen molar-refractivity contribution in [3.8, 4) is 0 Å². The number of carbonyl (C=O) groups excluding carboxylic acids is 2. The fraction of sp³-hybridized carbons (Fsp3) is 0.381. The minimum absolute atomic E-state index is 0.121. The molecule has 2 aromatic rings. The van der Waals surface area contributed by atoms with Crippen molar-refractivity contribution in [2.45, 2.75) is 32.8 Å². The number of rotatable bonds is 6. The van der Waals surface area contributed by atoms with E-state index in [-0.39, 0.29) is 30.7 Å². The predicted octanol–water partition coefficient (Wildman–Crippen LogP) is 3.10. The molecule has 1 saturated heterocycles. The zero-order valence-corrected chi connectivity index (χ0v) is 16.1. The van der Waals surface area contributed by atoms with Gasteiger partial charge in [-0.1, -0.05) is 12.1 Å².